The normalized spacial score (nSPS) is 30.2. The number of carboxylic acid groups (broad SMARTS) is 1. The van der Waals surface area contributed by atoms with E-state index < -0.39 is 17.0 Å². The van der Waals surface area contributed by atoms with Crippen molar-refractivity contribution in [3.8, 4) is 0 Å². The molecule has 0 aromatic heterocycles. The number of carbonyl (C=O) groups is 1. The Kier molecular flexibility index (Phi) is 4.16. The lowest BCUT2D eigenvalue weighted by molar-refractivity contribution is -0.157. The van der Waals surface area contributed by atoms with E-state index in [1.165, 1.54) is 0 Å². The van der Waals surface area contributed by atoms with Crippen LogP contribution in [0.15, 0.2) is 0 Å². The molecule has 0 aromatic carbocycles. The number of aliphatic hydroxyl groups is 1. The Morgan fingerprint density at radius 1 is 1.17 bits per heavy atom. The van der Waals surface area contributed by atoms with Gasteiger partial charge in [0.25, 0.3) is 0 Å². The number of aliphatic carboxylic acids is 1. The van der Waals surface area contributed by atoms with Gasteiger partial charge in [-0.1, -0.05) is 20.8 Å². The first kappa shape index (κ1) is 15.5. The number of hydrogen-bond acceptors (Lipinski definition) is 2. The second-order valence-corrected chi connectivity index (χ2v) is 7.71. The molecule has 1 rings (SSSR count). The van der Waals surface area contributed by atoms with Crippen LogP contribution in [0.5, 0.6) is 0 Å². The fourth-order valence-electron chi connectivity index (χ4n) is 3.33. The van der Waals surface area contributed by atoms with Crippen LogP contribution in [0.2, 0.25) is 0 Å². The lowest BCUT2D eigenvalue weighted by atomic mass is 9.61. The molecule has 3 nitrogen and oxygen atoms in total. The molecule has 0 saturated heterocycles. The van der Waals surface area contributed by atoms with E-state index in [-0.39, 0.29) is 5.41 Å². The molecule has 1 aliphatic rings. The Balaban J connectivity index is 2.78. The van der Waals surface area contributed by atoms with Gasteiger partial charge in [-0.15, -0.1) is 0 Å². The molecule has 0 spiro atoms. The summed E-state index contributed by atoms with van der Waals surface area (Å²) in [6.07, 6.45) is 3.63. The molecule has 1 aliphatic carbocycles. The first-order valence-corrected chi connectivity index (χ1v) is 6.92. The quantitative estimate of drug-likeness (QED) is 0.813. The molecular formula is C15H28O3. The molecule has 106 valence electrons. The molecule has 0 aromatic rings. The van der Waals surface area contributed by atoms with Crippen molar-refractivity contribution in [3.63, 3.8) is 0 Å². The predicted molar refractivity (Wildman–Crippen MR) is 72.4 cm³/mol. The van der Waals surface area contributed by atoms with Gasteiger partial charge in [0, 0.05) is 0 Å². The molecule has 0 aliphatic heterocycles. The fraction of sp³-hybridized carbons (Fsp3) is 0.933. The lowest BCUT2D eigenvalue weighted by Crippen LogP contribution is -2.42. The molecule has 0 heterocycles. The maximum absolute atomic E-state index is 11.6. The van der Waals surface area contributed by atoms with Crippen LogP contribution in [0.25, 0.3) is 0 Å². The van der Waals surface area contributed by atoms with E-state index in [0.29, 0.717) is 25.2 Å². The molecular weight excluding hydrogens is 228 g/mol. The topological polar surface area (TPSA) is 57.5 Å². The van der Waals surface area contributed by atoms with Crippen LogP contribution < -0.4 is 0 Å². The van der Waals surface area contributed by atoms with E-state index in [9.17, 15) is 15.0 Å². The minimum atomic E-state index is -0.910. The van der Waals surface area contributed by atoms with Gasteiger partial charge in [0.2, 0.25) is 0 Å². The second kappa shape index (κ2) is 4.84. The van der Waals surface area contributed by atoms with Crippen molar-refractivity contribution in [1.29, 1.82) is 0 Å². The van der Waals surface area contributed by atoms with E-state index >= 15 is 0 Å². The summed E-state index contributed by atoms with van der Waals surface area (Å²) in [5.74, 6) is -0.149. The second-order valence-electron chi connectivity index (χ2n) is 7.71. The molecule has 0 amide bonds. The standard InChI is InChI=1S/C15H28O3/c1-13(2,3)11-6-8-15(9-7-11,12(16)17)10-14(4,5)18/h11,18H,6-10H2,1-5H3,(H,16,17). The minimum absolute atomic E-state index is 0.249. The van der Waals surface area contributed by atoms with Crippen LogP contribution >= 0.6 is 0 Å². The van der Waals surface area contributed by atoms with Crippen LogP contribution in [0.1, 0.15) is 66.7 Å². The van der Waals surface area contributed by atoms with Gasteiger partial charge >= 0.3 is 5.97 Å². The zero-order valence-corrected chi connectivity index (χ0v) is 12.4. The van der Waals surface area contributed by atoms with E-state index in [2.05, 4.69) is 20.8 Å². The summed E-state index contributed by atoms with van der Waals surface area (Å²) in [5.41, 5.74) is -1.38. The minimum Gasteiger partial charge on any atom is -0.481 e. The maximum Gasteiger partial charge on any atom is 0.309 e. The molecule has 3 heteroatoms. The maximum atomic E-state index is 11.6. The van der Waals surface area contributed by atoms with Gasteiger partial charge in [-0.3, -0.25) is 4.79 Å². The van der Waals surface area contributed by atoms with Crippen molar-refractivity contribution in [1.82, 2.24) is 0 Å². The smallest absolute Gasteiger partial charge is 0.309 e. The number of hydrogen-bond donors (Lipinski definition) is 2. The predicted octanol–water partition coefficient (Wildman–Crippen LogP) is 3.45. The van der Waals surface area contributed by atoms with Crippen LogP contribution in [0.4, 0.5) is 0 Å². The van der Waals surface area contributed by atoms with E-state index in [0.717, 1.165) is 12.8 Å². The Morgan fingerprint density at radius 2 is 1.61 bits per heavy atom. The van der Waals surface area contributed by atoms with Crippen LogP contribution in [-0.4, -0.2) is 21.8 Å². The Labute approximate surface area is 111 Å². The summed E-state index contributed by atoms with van der Waals surface area (Å²) >= 11 is 0. The lowest BCUT2D eigenvalue weighted by Gasteiger charge is -2.43. The van der Waals surface area contributed by atoms with E-state index in [4.69, 9.17) is 0 Å². The van der Waals surface area contributed by atoms with Crippen molar-refractivity contribution in [2.45, 2.75) is 72.3 Å². The highest BCUT2D eigenvalue weighted by Gasteiger charge is 2.46. The average molecular weight is 256 g/mol. The first-order valence-electron chi connectivity index (χ1n) is 6.92. The average Bonchev–Trinajstić information content (AvgIpc) is 2.13. The third kappa shape index (κ3) is 3.71. The van der Waals surface area contributed by atoms with Gasteiger partial charge < -0.3 is 10.2 Å². The van der Waals surface area contributed by atoms with Gasteiger partial charge in [0.05, 0.1) is 11.0 Å². The summed E-state index contributed by atoms with van der Waals surface area (Å²) in [4.78, 5) is 11.6. The molecule has 1 fully saturated rings. The van der Waals surface area contributed by atoms with Crippen LogP contribution in [0, 0.1) is 16.7 Å². The Morgan fingerprint density at radius 3 is 1.89 bits per heavy atom. The zero-order valence-electron chi connectivity index (χ0n) is 12.4. The summed E-state index contributed by atoms with van der Waals surface area (Å²) in [6, 6.07) is 0. The van der Waals surface area contributed by atoms with Gasteiger partial charge in [0.1, 0.15) is 0 Å². The molecule has 0 atom stereocenters. The highest BCUT2D eigenvalue weighted by Crippen LogP contribution is 2.48. The third-order valence-corrected chi connectivity index (χ3v) is 4.39. The molecule has 0 radical (unpaired) electrons. The summed E-state index contributed by atoms with van der Waals surface area (Å²) in [6.45, 7) is 10.1. The van der Waals surface area contributed by atoms with E-state index in [1.54, 1.807) is 13.8 Å². The first-order chi connectivity index (χ1) is 7.96. The van der Waals surface area contributed by atoms with Gasteiger partial charge in [-0.05, 0) is 57.3 Å². The molecule has 0 unspecified atom stereocenters. The molecule has 0 bridgehead atoms. The summed E-state index contributed by atoms with van der Waals surface area (Å²) < 4.78 is 0. The van der Waals surface area contributed by atoms with Crippen molar-refractivity contribution in [2.24, 2.45) is 16.7 Å². The fourth-order valence-corrected chi connectivity index (χ4v) is 3.33. The zero-order chi connectivity index (χ0) is 14.2. The molecule has 18 heavy (non-hydrogen) atoms. The van der Waals surface area contributed by atoms with Crippen molar-refractivity contribution in [2.75, 3.05) is 0 Å². The van der Waals surface area contributed by atoms with Crippen molar-refractivity contribution < 1.29 is 15.0 Å². The summed E-state index contributed by atoms with van der Waals surface area (Å²) in [7, 11) is 0. The SMILES string of the molecule is CC(C)(O)CC1(C(=O)O)CCC(C(C)(C)C)CC1. The van der Waals surface area contributed by atoms with Gasteiger partial charge in [-0.2, -0.15) is 0 Å². The van der Waals surface area contributed by atoms with Gasteiger partial charge in [0.15, 0.2) is 0 Å². The van der Waals surface area contributed by atoms with Crippen molar-refractivity contribution in [3.05, 3.63) is 0 Å². The summed E-state index contributed by atoms with van der Waals surface area (Å²) in [5, 5.41) is 19.5. The molecule has 1 saturated carbocycles. The highest BCUT2D eigenvalue weighted by molar-refractivity contribution is 5.74. The van der Waals surface area contributed by atoms with Gasteiger partial charge in [-0.25, -0.2) is 0 Å². The van der Waals surface area contributed by atoms with Crippen molar-refractivity contribution >= 4 is 5.97 Å². The Bertz CT molecular complexity index is 299. The van der Waals surface area contributed by atoms with Crippen LogP contribution in [-0.2, 0) is 4.79 Å². The number of rotatable bonds is 3. The van der Waals surface area contributed by atoms with Crippen LogP contribution in [0.3, 0.4) is 0 Å². The molecule has 2 N–H and O–H groups in total. The highest BCUT2D eigenvalue weighted by atomic mass is 16.4. The van der Waals surface area contributed by atoms with E-state index in [1.807, 2.05) is 0 Å². The number of carboxylic acids is 1. The monoisotopic (exact) mass is 256 g/mol. The largest absolute Gasteiger partial charge is 0.481 e. The Hall–Kier alpha value is -0.570. The third-order valence-electron chi connectivity index (χ3n) is 4.39.